The summed E-state index contributed by atoms with van der Waals surface area (Å²) in [6.45, 7) is 0.543. The largest absolute Gasteiger partial charge is 0.459 e. The second-order valence-electron chi connectivity index (χ2n) is 6.16. The number of hydrogen-bond donors (Lipinski definition) is 1. The second-order valence-corrected chi connectivity index (χ2v) is 7.84. The molecule has 0 saturated carbocycles. The van der Waals surface area contributed by atoms with E-state index in [1.807, 2.05) is 0 Å². The van der Waals surface area contributed by atoms with Crippen LogP contribution < -0.4 is 4.72 Å². The fourth-order valence-corrected chi connectivity index (χ4v) is 4.51. The number of alkyl halides is 3. The van der Waals surface area contributed by atoms with E-state index in [2.05, 4.69) is 4.72 Å². The summed E-state index contributed by atoms with van der Waals surface area (Å²) >= 11 is 0. The lowest BCUT2D eigenvalue weighted by Gasteiger charge is -2.31. The van der Waals surface area contributed by atoms with E-state index >= 15 is 0 Å². The molecule has 1 fully saturated rings. The third kappa shape index (κ3) is 4.33. The number of piperidine rings is 1. The van der Waals surface area contributed by atoms with Crippen LogP contribution in [0.4, 0.5) is 13.2 Å². The minimum Gasteiger partial charge on any atom is -0.459 e. The minimum absolute atomic E-state index is 0.188. The fraction of sp³-hybridized carbons (Fsp3) is 0.353. The summed E-state index contributed by atoms with van der Waals surface area (Å²) < 4.78 is 71.6. The number of benzene rings is 1. The van der Waals surface area contributed by atoms with E-state index in [4.69, 9.17) is 4.42 Å². The van der Waals surface area contributed by atoms with Gasteiger partial charge in [-0.3, -0.25) is 4.79 Å². The second kappa shape index (κ2) is 7.35. The number of sulfonamides is 1. The van der Waals surface area contributed by atoms with Gasteiger partial charge in [-0.1, -0.05) is 12.1 Å². The molecule has 0 aliphatic carbocycles. The highest BCUT2D eigenvalue weighted by Crippen LogP contribution is 2.34. The SMILES string of the molecule is O=C(c1ccco1)N1CCC(NS(=O)(=O)c2ccccc2C(F)(F)F)CC1. The first kappa shape index (κ1) is 19.4. The Morgan fingerprint density at radius 1 is 1.11 bits per heavy atom. The highest BCUT2D eigenvalue weighted by Gasteiger charge is 2.37. The van der Waals surface area contributed by atoms with Gasteiger partial charge in [-0.25, -0.2) is 13.1 Å². The number of nitrogens with one attached hydrogen (secondary N) is 1. The quantitative estimate of drug-likeness (QED) is 0.853. The van der Waals surface area contributed by atoms with Crippen molar-refractivity contribution >= 4 is 15.9 Å². The summed E-state index contributed by atoms with van der Waals surface area (Å²) in [5.74, 6) is -0.114. The predicted molar refractivity (Wildman–Crippen MR) is 89.4 cm³/mol. The first-order chi connectivity index (χ1) is 12.7. The monoisotopic (exact) mass is 402 g/mol. The first-order valence-electron chi connectivity index (χ1n) is 8.20. The molecule has 0 bridgehead atoms. The van der Waals surface area contributed by atoms with E-state index in [0.717, 1.165) is 18.2 Å². The van der Waals surface area contributed by atoms with Crippen LogP contribution in [-0.4, -0.2) is 38.4 Å². The van der Waals surface area contributed by atoms with Crippen LogP contribution in [0.1, 0.15) is 29.0 Å². The summed E-state index contributed by atoms with van der Waals surface area (Å²) in [6.07, 6.45) is -2.81. The lowest BCUT2D eigenvalue weighted by molar-refractivity contribution is -0.139. The van der Waals surface area contributed by atoms with E-state index in [-0.39, 0.29) is 24.8 Å². The van der Waals surface area contributed by atoms with E-state index in [9.17, 15) is 26.4 Å². The molecular formula is C17H17F3N2O4S. The number of nitrogens with zero attached hydrogens (tertiary/aromatic N) is 1. The summed E-state index contributed by atoms with van der Waals surface area (Å²) in [6, 6.07) is 6.61. The summed E-state index contributed by atoms with van der Waals surface area (Å²) in [5.41, 5.74) is -1.21. The molecule has 0 unspecified atom stereocenters. The van der Waals surface area contributed by atoms with Crippen LogP contribution >= 0.6 is 0 Å². The number of amides is 1. The Morgan fingerprint density at radius 2 is 1.78 bits per heavy atom. The third-order valence-electron chi connectivity index (χ3n) is 4.32. The molecule has 1 aliphatic heterocycles. The molecule has 1 saturated heterocycles. The van der Waals surface area contributed by atoms with Crippen LogP contribution in [0.25, 0.3) is 0 Å². The first-order valence-corrected chi connectivity index (χ1v) is 9.68. The van der Waals surface area contributed by atoms with Gasteiger partial charge in [-0.2, -0.15) is 13.2 Å². The van der Waals surface area contributed by atoms with Gasteiger partial charge in [0.1, 0.15) is 0 Å². The van der Waals surface area contributed by atoms with Crippen molar-refractivity contribution < 1.29 is 30.8 Å². The van der Waals surface area contributed by atoms with Crippen molar-refractivity contribution in [3.8, 4) is 0 Å². The van der Waals surface area contributed by atoms with Gasteiger partial charge in [-0.15, -0.1) is 0 Å². The molecule has 27 heavy (non-hydrogen) atoms. The van der Waals surface area contributed by atoms with Gasteiger partial charge in [-0.05, 0) is 37.1 Å². The topological polar surface area (TPSA) is 79.6 Å². The molecule has 1 aromatic heterocycles. The number of carbonyl (C=O) groups is 1. The number of likely N-dealkylation sites (tertiary alicyclic amines) is 1. The Bertz CT molecular complexity index is 903. The van der Waals surface area contributed by atoms with E-state index in [1.54, 1.807) is 6.07 Å². The molecule has 1 amide bonds. The smallest absolute Gasteiger partial charge is 0.417 e. The lowest BCUT2D eigenvalue weighted by atomic mass is 10.1. The van der Waals surface area contributed by atoms with Crippen LogP contribution in [-0.2, 0) is 16.2 Å². The molecule has 6 nitrogen and oxygen atoms in total. The van der Waals surface area contributed by atoms with E-state index < -0.39 is 32.7 Å². The van der Waals surface area contributed by atoms with Crippen molar-refractivity contribution in [1.82, 2.24) is 9.62 Å². The minimum atomic E-state index is -4.77. The Kier molecular flexibility index (Phi) is 5.29. The van der Waals surface area contributed by atoms with Crippen molar-refractivity contribution in [3.63, 3.8) is 0 Å². The molecule has 0 spiro atoms. The highest BCUT2D eigenvalue weighted by molar-refractivity contribution is 7.89. The maximum absolute atomic E-state index is 13.1. The third-order valence-corrected chi connectivity index (χ3v) is 5.90. The Balaban J connectivity index is 1.68. The molecule has 10 heteroatoms. The zero-order chi connectivity index (χ0) is 19.7. The predicted octanol–water partition coefficient (Wildman–Crippen LogP) is 2.88. The number of carbonyl (C=O) groups excluding carboxylic acids is 1. The Morgan fingerprint density at radius 3 is 2.37 bits per heavy atom. The molecular weight excluding hydrogens is 385 g/mol. The molecule has 0 radical (unpaired) electrons. The van der Waals surface area contributed by atoms with Gasteiger partial charge in [0.25, 0.3) is 5.91 Å². The number of hydrogen-bond acceptors (Lipinski definition) is 4. The number of rotatable bonds is 4. The van der Waals surface area contributed by atoms with Gasteiger partial charge >= 0.3 is 6.18 Å². The van der Waals surface area contributed by atoms with E-state index in [0.29, 0.717) is 12.8 Å². The zero-order valence-electron chi connectivity index (χ0n) is 14.1. The number of halogens is 3. The van der Waals surface area contributed by atoms with Gasteiger partial charge < -0.3 is 9.32 Å². The maximum Gasteiger partial charge on any atom is 0.417 e. The fourth-order valence-electron chi connectivity index (χ4n) is 2.97. The van der Waals surface area contributed by atoms with Crippen LogP contribution in [0.15, 0.2) is 52.0 Å². The zero-order valence-corrected chi connectivity index (χ0v) is 14.9. The maximum atomic E-state index is 13.1. The van der Waals surface area contributed by atoms with Crippen LogP contribution in [0.5, 0.6) is 0 Å². The molecule has 1 N–H and O–H groups in total. The summed E-state index contributed by atoms with van der Waals surface area (Å²) in [5, 5.41) is 0. The normalized spacial score (nSPS) is 16.5. The summed E-state index contributed by atoms with van der Waals surface area (Å²) in [4.78, 5) is 12.9. The van der Waals surface area contributed by atoms with Crippen molar-refractivity contribution in [1.29, 1.82) is 0 Å². The Labute approximate surface area is 154 Å². The highest BCUT2D eigenvalue weighted by atomic mass is 32.2. The molecule has 1 aliphatic rings. The lowest BCUT2D eigenvalue weighted by Crippen LogP contribution is -2.46. The molecule has 3 rings (SSSR count). The molecule has 0 atom stereocenters. The van der Waals surface area contributed by atoms with Crippen LogP contribution in [0, 0.1) is 0 Å². The summed E-state index contributed by atoms with van der Waals surface area (Å²) in [7, 11) is -4.35. The van der Waals surface area contributed by atoms with Crippen molar-refractivity contribution in [2.24, 2.45) is 0 Å². The van der Waals surface area contributed by atoms with Crippen molar-refractivity contribution in [3.05, 3.63) is 54.0 Å². The average Bonchev–Trinajstić information content (AvgIpc) is 3.15. The molecule has 2 heterocycles. The molecule has 2 aromatic rings. The van der Waals surface area contributed by atoms with Gasteiger partial charge in [0, 0.05) is 19.1 Å². The van der Waals surface area contributed by atoms with Crippen LogP contribution in [0.3, 0.4) is 0 Å². The van der Waals surface area contributed by atoms with Gasteiger partial charge in [0.2, 0.25) is 10.0 Å². The van der Waals surface area contributed by atoms with Crippen molar-refractivity contribution in [2.45, 2.75) is 30.0 Å². The molecule has 1 aromatic carbocycles. The Hall–Kier alpha value is -2.33. The number of furan rings is 1. The van der Waals surface area contributed by atoms with E-state index in [1.165, 1.54) is 23.3 Å². The average molecular weight is 402 g/mol. The van der Waals surface area contributed by atoms with Crippen molar-refractivity contribution in [2.75, 3.05) is 13.1 Å². The van der Waals surface area contributed by atoms with Crippen LogP contribution in [0.2, 0.25) is 0 Å². The standard InChI is InChI=1S/C17H17F3N2O4S/c18-17(19,20)13-4-1-2-6-15(13)27(24,25)21-12-7-9-22(10-8-12)16(23)14-5-3-11-26-14/h1-6,11-12,21H,7-10H2. The molecule has 146 valence electrons. The van der Waals surface area contributed by atoms with Gasteiger partial charge in [0.05, 0.1) is 16.7 Å². The van der Waals surface area contributed by atoms with Gasteiger partial charge in [0.15, 0.2) is 5.76 Å².